The van der Waals surface area contributed by atoms with E-state index in [1.54, 1.807) is 24.3 Å². The van der Waals surface area contributed by atoms with Crippen LogP contribution < -0.4 is 10.6 Å². The smallest absolute Gasteiger partial charge is 0.226 e. The summed E-state index contributed by atoms with van der Waals surface area (Å²) in [5.41, 5.74) is 3.22. The average Bonchev–Trinajstić information content (AvgIpc) is 2.50. The molecular formula is C17H17N3O. The van der Waals surface area contributed by atoms with Gasteiger partial charge in [0.1, 0.15) is 6.07 Å². The van der Waals surface area contributed by atoms with Crippen LogP contribution in [0, 0.1) is 18.3 Å². The number of nitriles is 1. The van der Waals surface area contributed by atoms with Gasteiger partial charge in [-0.2, -0.15) is 5.26 Å². The third-order valence-electron chi connectivity index (χ3n) is 3.05. The van der Waals surface area contributed by atoms with Gasteiger partial charge in [0.05, 0.1) is 11.3 Å². The highest BCUT2D eigenvalue weighted by atomic mass is 16.1. The Bertz CT molecular complexity index is 656. The molecule has 0 fully saturated rings. The SMILES string of the molecule is Cc1ccc(NCCC(=O)Nc2ccccc2C#N)cc1. The van der Waals surface area contributed by atoms with Gasteiger partial charge in [-0.15, -0.1) is 0 Å². The van der Waals surface area contributed by atoms with Crippen molar-refractivity contribution in [2.75, 3.05) is 17.2 Å². The first-order chi connectivity index (χ1) is 10.2. The number of anilines is 2. The second-order valence-corrected chi connectivity index (χ2v) is 4.75. The lowest BCUT2D eigenvalue weighted by Gasteiger charge is -2.08. The molecule has 21 heavy (non-hydrogen) atoms. The molecule has 0 radical (unpaired) electrons. The van der Waals surface area contributed by atoms with Gasteiger partial charge in [0, 0.05) is 18.7 Å². The predicted octanol–water partition coefficient (Wildman–Crippen LogP) is 3.31. The van der Waals surface area contributed by atoms with Crippen molar-refractivity contribution in [3.05, 3.63) is 59.7 Å². The molecule has 0 unspecified atom stereocenters. The van der Waals surface area contributed by atoms with Gasteiger partial charge in [0.25, 0.3) is 0 Å². The molecule has 1 amide bonds. The lowest BCUT2D eigenvalue weighted by atomic mass is 10.2. The van der Waals surface area contributed by atoms with Crippen LogP contribution in [0.5, 0.6) is 0 Å². The Hall–Kier alpha value is -2.80. The largest absolute Gasteiger partial charge is 0.385 e. The van der Waals surface area contributed by atoms with Gasteiger partial charge in [-0.25, -0.2) is 0 Å². The van der Waals surface area contributed by atoms with Gasteiger partial charge in [-0.1, -0.05) is 29.8 Å². The maximum Gasteiger partial charge on any atom is 0.226 e. The average molecular weight is 279 g/mol. The van der Waals surface area contributed by atoms with Crippen LogP contribution in [0.2, 0.25) is 0 Å². The zero-order valence-corrected chi connectivity index (χ0v) is 11.9. The van der Waals surface area contributed by atoms with E-state index < -0.39 is 0 Å². The van der Waals surface area contributed by atoms with Crippen LogP contribution in [-0.2, 0) is 4.79 Å². The number of hydrogen-bond acceptors (Lipinski definition) is 3. The number of hydrogen-bond donors (Lipinski definition) is 2. The van der Waals surface area contributed by atoms with Crippen molar-refractivity contribution in [2.24, 2.45) is 0 Å². The number of carbonyl (C=O) groups is 1. The molecule has 106 valence electrons. The van der Waals surface area contributed by atoms with E-state index in [1.165, 1.54) is 5.56 Å². The minimum atomic E-state index is -0.114. The summed E-state index contributed by atoms with van der Waals surface area (Å²) < 4.78 is 0. The third-order valence-corrected chi connectivity index (χ3v) is 3.05. The Kier molecular flexibility index (Phi) is 4.94. The van der Waals surface area contributed by atoms with Crippen molar-refractivity contribution in [3.8, 4) is 6.07 Å². The summed E-state index contributed by atoms with van der Waals surface area (Å²) in [4.78, 5) is 11.9. The molecule has 2 rings (SSSR count). The first-order valence-corrected chi connectivity index (χ1v) is 6.78. The molecule has 0 saturated heterocycles. The fraction of sp³-hybridized carbons (Fsp3) is 0.176. The lowest BCUT2D eigenvalue weighted by Crippen LogP contribution is -2.16. The summed E-state index contributed by atoms with van der Waals surface area (Å²) >= 11 is 0. The Labute approximate surface area is 124 Å². The van der Waals surface area contributed by atoms with Crippen molar-refractivity contribution < 1.29 is 4.79 Å². The molecule has 0 aliphatic heterocycles. The number of aryl methyl sites for hydroxylation is 1. The molecule has 4 nitrogen and oxygen atoms in total. The first kappa shape index (κ1) is 14.6. The number of para-hydroxylation sites is 1. The fourth-order valence-corrected chi connectivity index (χ4v) is 1.89. The van der Waals surface area contributed by atoms with Crippen molar-refractivity contribution in [1.29, 1.82) is 5.26 Å². The van der Waals surface area contributed by atoms with E-state index in [-0.39, 0.29) is 5.91 Å². The minimum absolute atomic E-state index is 0.114. The van der Waals surface area contributed by atoms with E-state index in [0.29, 0.717) is 24.2 Å². The molecule has 0 heterocycles. The van der Waals surface area contributed by atoms with E-state index in [2.05, 4.69) is 16.7 Å². The molecule has 4 heteroatoms. The highest BCUT2D eigenvalue weighted by Crippen LogP contribution is 2.14. The van der Waals surface area contributed by atoms with Gasteiger partial charge >= 0.3 is 0 Å². The summed E-state index contributed by atoms with van der Waals surface area (Å²) in [7, 11) is 0. The summed E-state index contributed by atoms with van der Waals surface area (Å²) in [5, 5.41) is 14.9. The minimum Gasteiger partial charge on any atom is -0.385 e. The third kappa shape index (κ3) is 4.36. The van der Waals surface area contributed by atoms with Crippen molar-refractivity contribution >= 4 is 17.3 Å². The molecule has 0 aromatic heterocycles. The number of rotatable bonds is 5. The molecule has 2 aromatic rings. The van der Waals surface area contributed by atoms with Gasteiger partial charge in [0.15, 0.2) is 0 Å². The normalized spacial score (nSPS) is 9.71. The van der Waals surface area contributed by atoms with E-state index in [9.17, 15) is 4.79 Å². The zero-order valence-electron chi connectivity index (χ0n) is 11.9. The van der Waals surface area contributed by atoms with Gasteiger partial charge < -0.3 is 10.6 Å². The molecule has 2 aromatic carbocycles. The fourth-order valence-electron chi connectivity index (χ4n) is 1.89. The topological polar surface area (TPSA) is 64.9 Å². The summed E-state index contributed by atoms with van der Waals surface area (Å²) in [6, 6.07) is 17.0. The Morgan fingerprint density at radius 1 is 1.14 bits per heavy atom. The van der Waals surface area contributed by atoms with E-state index in [1.807, 2.05) is 31.2 Å². The quantitative estimate of drug-likeness (QED) is 0.882. The molecule has 2 N–H and O–H groups in total. The molecule has 0 atom stereocenters. The molecular weight excluding hydrogens is 262 g/mol. The van der Waals surface area contributed by atoms with Crippen LogP contribution >= 0.6 is 0 Å². The highest BCUT2D eigenvalue weighted by Gasteiger charge is 2.05. The van der Waals surface area contributed by atoms with Crippen LogP contribution in [0.1, 0.15) is 17.5 Å². The molecule has 0 spiro atoms. The van der Waals surface area contributed by atoms with Crippen molar-refractivity contribution in [1.82, 2.24) is 0 Å². The van der Waals surface area contributed by atoms with Crippen molar-refractivity contribution in [2.45, 2.75) is 13.3 Å². The Morgan fingerprint density at radius 2 is 1.86 bits per heavy atom. The second kappa shape index (κ2) is 7.11. The number of nitrogens with one attached hydrogen (secondary N) is 2. The summed E-state index contributed by atoms with van der Waals surface area (Å²) in [6.07, 6.45) is 0.341. The van der Waals surface area contributed by atoms with Crippen LogP contribution in [0.4, 0.5) is 11.4 Å². The molecule has 0 bridgehead atoms. The number of amides is 1. The van der Waals surface area contributed by atoms with E-state index in [0.717, 1.165) is 5.69 Å². The van der Waals surface area contributed by atoms with Crippen LogP contribution in [0.3, 0.4) is 0 Å². The second-order valence-electron chi connectivity index (χ2n) is 4.75. The maximum atomic E-state index is 11.9. The monoisotopic (exact) mass is 279 g/mol. The highest BCUT2D eigenvalue weighted by molar-refractivity contribution is 5.92. The van der Waals surface area contributed by atoms with E-state index >= 15 is 0 Å². The Balaban J connectivity index is 1.82. The molecule has 0 aliphatic carbocycles. The molecule has 0 saturated carbocycles. The first-order valence-electron chi connectivity index (χ1n) is 6.78. The van der Waals surface area contributed by atoms with Crippen LogP contribution in [0.15, 0.2) is 48.5 Å². The number of carbonyl (C=O) groups excluding carboxylic acids is 1. The standard InChI is InChI=1S/C17H17N3O/c1-13-6-8-15(9-7-13)19-11-10-17(21)20-16-5-3-2-4-14(16)12-18/h2-9,19H,10-11H2,1H3,(H,20,21). The lowest BCUT2D eigenvalue weighted by molar-refractivity contribution is -0.115. The van der Waals surface area contributed by atoms with Gasteiger partial charge in [-0.3, -0.25) is 4.79 Å². The number of nitrogens with zero attached hydrogens (tertiary/aromatic N) is 1. The summed E-state index contributed by atoms with van der Waals surface area (Å²) in [6.45, 7) is 2.58. The van der Waals surface area contributed by atoms with Crippen LogP contribution in [-0.4, -0.2) is 12.5 Å². The molecule has 0 aliphatic rings. The van der Waals surface area contributed by atoms with Crippen LogP contribution in [0.25, 0.3) is 0 Å². The van der Waals surface area contributed by atoms with Gasteiger partial charge in [-0.05, 0) is 31.2 Å². The Morgan fingerprint density at radius 3 is 2.57 bits per heavy atom. The predicted molar refractivity (Wildman–Crippen MR) is 84.1 cm³/mol. The summed E-state index contributed by atoms with van der Waals surface area (Å²) in [5.74, 6) is -0.114. The number of benzene rings is 2. The van der Waals surface area contributed by atoms with E-state index in [4.69, 9.17) is 5.26 Å². The van der Waals surface area contributed by atoms with Gasteiger partial charge in [0.2, 0.25) is 5.91 Å². The zero-order chi connectivity index (χ0) is 15.1. The maximum absolute atomic E-state index is 11.9. The van der Waals surface area contributed by atoms with Crippen molar-refractivity contribution in [3.63, 3.8) is 0 Å².